The van der Waals surface area contributed by atoms with Gasteiger partial charge in [-0.05, 0) is 55.3 Å². The van der Waals surface area contributed by atoms with E-state index in [1.807, 2.05) is 0 Å². The molecule has 2 aliphatic carbocycles. The molecule has 2 fully saturated rings. The van der Waals surface area contributed by atoms with E-state index < -0.39 is 0 Å². The number of hydrogen-bond acceptors (Lipinski definition) is 2. The second kappa shape index (κ2) is 4.93. The molecule has 2 aliphatic rings. The number of hydrogen-bond donors (Lipinski definition) is 1. The Balaban J connectivity index is 1.68. The van der Waals surface area contributed by atoms with Crippen LogP contribution in [0.4, 0.5) is 0 Å². The molecule has 2 nitrogen and oxygen atoms in total. The monoisotopic (exact) mass is 245 g/mol. The van der Waals surface area contributed by atoms with Gasteiger partial charge in [-0.25, -0.2) is 0 Å². The Hall–Kier alpha value is -1.02. The van der Waals surface area contributed by atoms with E-state index in [4.69, 9.17) is 4.74 Å². The molecule has 98 valence electrons. The predicted octanol–water partition coefficient (Wildman–Crippen LogP) is 3.53. The smallest absolute Gasteiger partial charge is 0.119 e. The van der Waals surface area contributed by atoms with Crippen molar-refractivity contribution in [1.29, 1.82) is 0 Å². The molecule has 0 saturated heterocycles. The Morgan fingerprint density at radius 1 is 1.28 bits per heavy atom. The fourth-order valence-corrected chi connectivity index (χ4v) is 2.68. The number of ether oxygens (including phenoxy) is 1. The zero-order valence-corrected chi connectivity index (χ0v) is 11.4. The van der Waals surface area contributed by atoms with Crippen LogP contribution in [0, 0.1) is 11.8 Å². The number of benzene rings is 1. The third kappa shape index (κ3) is 2.69. The van der Waals surface area contributed by atoms with Crippen molar-refractivity contribution in [2.75, 3.05) is 6.54 Å². The third-order valence-corrected chi connectivity index (χ3v) is 4.09. The molecule has 0 aromatic heterocycles. The van der Waals surface area contributed by atoms with Crippen molar-refractivity contribution < 1.29 is 4.74 Å². The first-order valence-electron chi connectivity index (χ1n) is 7.28. The number of rotatable bonds is 6. The first-order valence-corrected chi connectivity index (χ1v) is 7.28. The Labute approximate surface area is 110 Å². The maximum atomic E-state index is 5.80. The normalized spacial score (nSPS) is 27.9. The van der Waals surface area contributed by atoms with Crippen molar-refractivity contribution in [2.45, 2.75) is 45.3 Å². The Bertz CT molecular complexity index is 396. The Morgan fingerprint density at radius 3 is 2.44 bits per heavy atom. The summed E-state index contributed by atoms with van der Waals surface area (Å²) in [6, 6.07) is 9.25. The standard InChI is InChI=1S/C16H23NO/c1-3-17-16(15-10-11(15)2)12-4-6-13(7-5-12)18-14-8-9-14/h4-7,11,14-17H,3,8-10H2,1-2H3. The topological polar surface area (TPSA) is 21.3 Å². The van der Waals surface area contributed by atoms with E-state index in [2.05, 4.69) is 43.4 Å². The minimum Gasteiger partial charge on any atom is -0.490 e. The lowest BCUT2D eigenvalue weighted by molar-refractivity contribution is 0.303. The van der Waals surface area contributed by atoms with Crippen molar-refractivity contribution in [3.05, 3.63) is 29.8 Å². The van der Waals surface area contributed by atoms with E-state index >= 15 is 0 Å². The van der Waals surface area contributed by atoms with Gasteiger partial charge in [0.05, 0.1) is 6.10 Å². The molecular weight excluding hydrogens is 222 g/mol. The van der Waals surface area contributed by atoms with E-state index in [0.717, 1.165) is 24.1 Å². The van der Waals surface area contributed by atoms with Crippen LogP contribution in [0.5, 0.6) is 5.75 Å². The third-order valence-electron chi connectivity index (χ3n) is 4.09. The van der Waals surface area contributed by atoms with Gasteiger partial charge >= 0.3 is 0 Å². The molecule has 1 aromatic rings. The van der Waals surface area contributed by atoms with Crippen LogP contribution in [0.1, 0.15) is 44.7 Å². The fourth-order valence-electron chi connectivity index (χ4n) is 2.68. The van der Waals surface area contributed by atoms with Crippen LogP contribution in [-0.4, -0.2) is 12.6 Å². The molecule has 0 radical (unpaired) electrons. The lowest BCUT2D eigenvalue weighted by atomic mass is 10.0. The van der Waals surface area contributed by atoms with Crippen molar-refractivity contribution in [3.63, 3.8) is 0 Å². The van der Waals surface area contributed by atoms with Crippen molar-refractivity contribution >= 4 is 0 Å². The first kappa shape index (κ1) is 12.0. The zero-order chi connectivity index (χ0) is 12.5. The summed E-state index contributed by atoms with van der Waals surface area (Å²) in [5.74, 6) is 2.72. The minimum absolute atomic E-state index is 0.490. The number of nitrogens with one attached hydrogen (secondary N) is 1. The average molecular weight is 245 g/mol. The van der Waals surface area contributed by atoms with Gasteiger partial charge < -0.3 is 10.1 Å². The van der Waals surface area contributed by atoms with Crippen LogP contribution in [0.3, 0.4) is 0 Å². The Kier molecular flexibility index (Phi) is 3.29. The van der Waals surface area contributed by atoms with Crippen LogP contribution >= 0.6 is 0 Å². The van der Waals surface area contributed by atoms with Gasteiger partial charge in [-0.15, -0.1) is 0 Å². The molecule has 0 bridgehead atoms. The van der Waals surface area contributed by atoms with Gasteiger partial charge in [0.15, 0.2) is 0 Å². The van der Waals surface area contributed by atoms with Gasteiger partial charge in [-0.1, -0.05) is 26.0 Å². The van der Waals surface area contributed by atoms with Crippen molar-refractivity contribution in [1.82, 2.24) is 5.32 Å². The highest BCUT2D eigenvalue weighted by Crippen LogP contribution is 2.47. The second-order valence-corrected chi connectivity index (χ2v) is 5.80. The summed E-state index contributed by atoms with van der Waals surface area (Å²) in [7, 11) is 0. The molecular formula is C16H23NO. The van der Waals surface area contributed by atoms with Gasteiger partial charge in [0.1, 0.15) is 5.75 Å². The van der Waals surface area contributed by atoms with Gasteiger partial charge in [-0.3, -0.25) is 0 Å². The average Bonchev–Trinajstić information content (AvgIpc) is 3.27. The van der Waals surface area contributed by atoms with Crippen LogP contribution in [0.15, 0.2) is 24.3 Å². The molecule has 1 N–H and O–H groups in total. The predicted molar refractivity (Wildman–Crippen MR) is 73.8 cm³/mol. The maximum Gasteiger partial charge on any atom is 0.119 e. The highest BCUT2D eigenvalue weighted by atomic mass is 16.5. The van der Waals surface area contributed by atoms with E-state index in [1.54, 1.807) is 0 Å². The minimum atomic E-state index is 0.490. The van der Waals surface area contributed by atoms with E-state index in [9.17, 15) is 0 Å². The summed E-state index contributed by atoms with van der Waals surface area (Å²) in [5.41, 5.74) is 1.41. The molecule has 2 saturated carbocycles. The second-order valence-electron chi connectivity index (χ2n) is 5.80. The van der Waals surface area contributed by atoms with E-state index in [0.29, 0.717) is 12.1 Å². The van der Waals surface area contributed by atoms with Gasteiger partial charge in [-0.2, -0.15) is 0 Å². The zero-order valence-electron chi connectivity index (χ0n) is 11.4. The Morgan fingerprint density at radius 2 is 1.94 bits per heavy atom. The summed E-state index contributed by atoms with van der Waals surface area (Å²) in [6.45, 7) is 5.57. The molecule has 2 heteroatoms. The van der Waals surface area contributed by atoms with Crippen LogP contribution in [-0.2, 0) is 0 Å². The quantitative estimate of drug-likeness (QED) is 0.827. The first-order chi connectivity index (χ1) is 8.78. The molecule has 18 heavy (non-hydrogen) atoms. The SMILES string of the molecule is CCNC(c1ccc(OC2CC2)cc1)C1CC1C. The summed E-state index contributed by atoms with van der Waals surface area (Å²) >= 11 is 0. The molecule has 3 unspecified atom stereocenters. The molecule has 0 aliphatic heterocycles. The lowest BCUT2D eigenvalue weighted by Gasteiger charge is -2.18. The molecule has 1 aromatic carbocycles. The molecule has 0 amide bonds. The summed E-state index contributed by atoms with van der Waals surface area (Å²) in [5, 5.41) is 3.62. The molecule has 3 atom stereocenters. The highest BCUT2D eigenvalue weighted by Gasteiger charge is 2.39. The summed E-state index contributed by atoms with van der Waals surface area (Å²) in [4.78, 5) is 0. The highest BCUT2D eigenvalue weighted by molar-refractivity contribution is 5.30. The largest absolute Gasteiger partial charge is 0.490 e. The van der Waals surface area contributed by atoms with Crippen LogP contribution in [0.2, 0.25) is 0 Å². The van der Waals surface area contributed by atoms with Crippen LogP contribution in [0.25, 0.3) is 0 Å². The van der Waals surface area contributed by atoms with Crippen molar-refractivity contribution in [2.24, 2.45) is 11.8 Å². The summed E-state index contributed by atoms with van der Waals surface area (Å²) < 4.78 is 5.80. The van der Waals surface area contributed by atoms with Gasteiger partial charge in [0.2, 0.25) is 0 Å². The molecule has 0 spiro atoms. The van der Waals surface area contributed by atoms with Crippen LogP contribution < -0.4 is 10.1 Å². The fraction of sp³-hybridized carbons (Fsp3) is 0.625. The van der Waals surface area contributed by atoms with Crippen molar-refractivity contribution in [3.8, 4) is 5.75 Å². The van der Waals surface area contributed by atoms with Gasteiger partial charge in [0.25, 0.3) is 0 Å². The van der Waals surface area contributed by atoms with E-state index in [1.165, 1.54) is 24.8 Å². The maximum absolute atomic E-state index is 5.80. The molecule has 3 rings (SSSR count). The van der Waals surface area contributed by atoms with E-state index in [-0.39, 0.29) is 0 Å². The lowest BCUT2D eigenvalue weighted by Crippen LogP contribution is -2.23. The van der Waals surface area contributed by atoms with Gasteiger partial charge in [0, 0.05) is 6.04 Å². The molecule has 0 heterocycles. The summed E-state index contributed by atoms with van der Waals surface area (Å²) in [6.07, 6.45) is 4.30.